The molecule has 0 atom stereocenters. The van der Waals surface area contributed by atoms with Crippen molar-refractivity contribution in [3.05, 3.63) is 174 Å². The van der Waals surface area contributed by atoms with Gasteiger partial charge in [-0.1, -0.05) is 152 Å². The molecule has 0 nitrogen and oxygen atoms in total. The third kappa shape index (κ3) is 5.75. The predicted molar refractivity (Wildman–Crippen MR) is 154 cm³/mol. The van der Waals surface area contributed by atoms with Gasteiger partial charge < -0.3 is 0 Å². The van der Waals surface area contributed by atoms with Gasteiger partial charge in [-0.2, -0.15) is 0 Å². The summed E-state index contributed by atoms with van der Waals surface area (Å²) in [5.41, 5.74) is 6.10. The quantitative estimate of drug-likeness (QED) is 0.128. The fraction of sp³-hybridized carbons (Fsp3) is 0. The second-order valence-corrected chi connectivity index (χ2v) is 10.3. The third-order valence-corrected chi connectivity index (χ3v) is 8.12. The Labute approximate surface area is 209 Å². The first-order valence-electron chi connectivity index (χ1n) is 11.9. The van der Waals surface area contributed by atoms with Crippen molar-refractivity contribution in [2.24, 2.45) is 0 Å². The lowest BCUT2D eigenvalue weighted by Gasteiger charge is -2.20. The highest BCUT2D eigenvalue weighted by Crippen LogP contribution is 2.43. The predicted octanol–water partition coefficient (Wildman–Crippen LogP) is 8.40. The maximum Gasteiger partial charge on any atom is -0.00942 e. The Hall–Kier alpha value is -3.99. The lowest BCUT2D eigenvalue weighted by atomic mass is 9.92. The maximum absolute atomic E-state index is 2.50. The molecule has 1 heteroatoms. The molecule has 0 aliphatic rings. The van der Waals surface area contributed by atoms with Crippen molar-refractivity contribution in [2.45, 2.75) is 0 Å². The Morgan fingerprint density at radius 1 is 0.400 bits per heavy atom. The zero-order valence-electron chi connectivity index (χ0n) is 19.5. The van der Waals surface area contributed by atoms with Crippen LogP contribution >= 0.6 is 7.92 Å². The number of hydrogen-bond acceptors (Lipinski definition) is 0. The molecule has 0 spiro atoms. The van der Waals surface area contributed by atoms with E-state index in [1.54, 1.807) is 0 Å². The number of rotatable bonds is 7. The highest BCUT2D eigenvalue weighted by molar-refractivity contribution is 7.76. The molecule has 0 bridgehead atoms. The summed E-state index contributed by atoms with van der Waals surface area (Å²) < 4.78 is 0. The molecule has 0 saturated heterocycles. The zero-order chi connectivity index (χ0) is 23.7. The van der Waals surface area contributed by atoms with E-state index in [2.05, 4.69) is 164 Å². The topological polar surface area (TPSA) is 0 Å². The van der Waals surface area contributed by atoms with Crippen molar-refractivity contribution < 1.29 is 0 Å². The van der Waals surface area contributed by atoms with Crippen LogP contribution in [-0.2, 0) is 0 Å². The minimum absolute atomic E-state index is 0.714. The van der Waals surface area contributed by atoms with Gasteiger partial charge in [0.25, 0.3) is 0 Å². The maximum atomic E-state index is 2.50. The molecule has 0 saturated carbocycles. The number of allylic oxidation sites excluding steroid dienone is 2. The first kappa shape index (κ1) is 22.8. The summed E-state index contributed by atoms with van der Waals surface area (Å²) >= 11 is 0. The van der Waals surface area contributed by atoms with E-state index in [4.69, 9.17) is 0 Å². The van der Waals surface area contributed by atoms with Crippen LogP contribution in [0.3, 0.4) is 0 Å². The molecule has 5 aromatic rings. The van der Waals surface area contributed by atoms with E-state index in [-0.39, 0.29) is 0 Å². The summed E-state index contributed by atoms with van der Waals surface area (Å²) in [5, 5.41) is 2.68. The van der Waals surface area contributed by atoms with E-state index in [0.717, 1.165) is 0 Å². The van der Waals surface area contributed by atoms with Crippen molar-refractivity contribution in [2.75, 3.05) is 0 Å². The second kappa shape index (κ2) is 11.4. The molecule has 5 rings (SSSR count). The van der Waals surface area contributed by atoms with Gasteiger partial charge in [0.15, 0.2) is 0 Å². The van der Waals surface area contributed by atoms with Crippen LogP contribution in [0.1, 0.15) is 16.7 Å². The van der Waals surface area contributed by atoms with Crippen LogP contribution in [0.5, 0.6) is 0 Å². The lowest BCUT2D eigenvalue weighted by Crippen LogP contribution is -2.10. The van der Waals surface area contributed by atoms with Crippen molar-refractivity contribution in [1.29, 1.82) is 0 Å². The van der Waals surface area contributed by atoms with Crippen molar-refractivity contribution in [3.8, 4) is 0 Å². The van der Waals surface area contributed by atoms with E-state index in [1.807, 2.05) is 0 Å². The van der Waals surface area contributed by atoms with Gasteiger partial charge in [0.05, 0.1) is 0 Å². The van der Waals surface area contributed by atoms with E-state index in [0.29, 0.717) is 0 Å². The Balaban J connectivity index is 1.77. The average molecular weight is 467 g/mol. The van der Waals surface area contributed by atoms with Crippen molar-refractivity contribution >= 4 is 35.8 Å². The standard InChI is InChI=1S/C34H27P/c1-6-16-28(17-7-1)26-33(29-18-8-2-9-19-29)34(30-20-10-3-11-21-30)27-35(31-22-12-4-13-23-31)32-24-14-5-15-25-32/h1-27H. The van der Waals surface area contributed by atoms with Crippen LogP contribution < -0.4 is 10.6 Å². The molecule has 0 amide bonds. The number of hydrogen-bond donors (Lipinski definition) is 0. The highest BCUT2D eigenvalue weighted by atomic mass is 31.1. The Bertz CT molecular complexity index is 1350. The van der Waals surface area contributed by atoms with E-state index < -0.39 is 7.92 Å². The van der Waals surface area contributed by atoms with Crippen LogP contribution in [0.15, 0.2) is 157 Å². The van der Waals surface area contributed by atoms with Gasteiger partial charge in [0.2, 0.25) is 0 Å². The first-order valence-corrected chi connectivity index (χ1v) is 13.3. The Morgan fingerprint density at radius 3 is 1.23 bits per heavy atom. The van der Waals surface area contributed by atoms with Gasteiger partial charge in [-0.05, 0) is 58.3 Å². The summed E-state index contributed by atoms with van der Waals surface area (Å²) in [7, 11) is -0.714. The molecule has 35 heavy (non-hydrogen) atoms. The summed E-state index contributed by atoms with van der Waals surface area (Å²) in [6, 6.07) is 53.9. The van der Waals surface area contributed by atoms with Gasteiger partial charge in [0.1, 0.15) is 0 Å². The molecule has 0 N–H and O–H groups in total. The summed E-state index contributed by atoms with van der Waals surface area (Å²) in [6.45, 7) is 0. The molecule has 0 aliphatic heterocycles. The Morgan fingerprint density at radius 2 is 0.771 bits per heavy atom. The Kier molecular flexibility index (Phi) is 7.44. The fourth-order valence-electron chi connectivity index (χ4n) is 4.17. The van der Waals surface area contributed by atoms with Crippen LogP contribution in [0.25, 0.3) is 17.2 Å². The van der Waals surface area contributed by atoms with Crippen molar-refractivity contribution in [1.82, 2.24) is 0 Å². The van der Waals surface area contributed by atoms with Crippen LogP contribution in [-0.4, -0.2) is 0 Å². The van der Waals surface area contributed by atoms with Crippen LogP contribution in [0.4, 0.5) is 0 Å². The summed E-state index contributed by atoms with van der Waals surface area (Å²) in [5.74, 6) is 2.50. The molecule has 0 aliphatic carbocycles. The molecular weight excluding hydrogens is 439 g/mol. The summed E-state index contributed by atoms with van der Waals surface area (Å²) in [4.78, 5) is 0. The van der Waals surface area contributed by atoms with Gasteiger partial charge >= 0.3 is 0 Å². The molecule has 0 fully saturated rings. The molecule has 0 unspecified atom stereocenters. The first-order chi connectivity index (χ1) is 17.4. The van der Waals surface area contributed by atoms with Gasteiger partial charge in [0, 0.05) is 0 Å². The highest BCUT2D eigenvalue weighted by Gasteiger charge is 2.17. The van der Waals surface area contributed by atoms with Gasteiger partial charge in [-0.15, -0.1) is 0 Å². The SMILES string of the molecule is C(=C(C(=CP(c1ccccc1)c1ccccc1)c1ccccc1)c1ccccc1)c1ccccc1. The van der Waals surface area contributed by atoms with E-state index in [9.17, 15) is 0 Å². The molecular formula is C34H27P. The third-order valence-electron chi connectivity index (χ3n) is 5.90. The van der Waals surface area contributed by atoms with Gasteiger partial charge in [-0.3, -0.25) is 0 Å². The molecule has 0 radical (unpaired) electrons. The van der Waals surface area contributed by atoms with E-state index >= 15 is 0 Å². The minimum atomic E-state index is -0.714. The second-order valence-electron chi connectivity index (χ2n) is 8.28. The molecule has 0 heterocycles. The zero-order valence-corrected chi connectivity index (χ0v) is 20.4. The van der Waals surface area contributed by atoms with E-state index in [1.165, 1.54) is 38.4 Å². The normalized spacial score (nSPS) is 12.0. The van der Waals surface area contributed by atoms with Crippen molar-refractivity contribution in [3.63, 3.8) is 0 Å². The smallest absolute Gasteiger partial charge is 0.00942 e. The molecule has 0 aromatic heterocycles. The summed E-state index contributed by atoms with van der Waals surface area (Å²) in [6.07, 6.45) is 2.32. The molecule has 5 aromatic carbocycles. The fourth-order valence-corrected chi connectivity index (χ4v) is 6.30. The largest absolute Gasteiger partial charge is 0.0622 e. The average Bonchev–Trinajstić information content (AvgIpc) is 2.95. The molecule has 168 valence electrons. The van der Waals surface area contributed by atoms with Crippen LogP contribution in [0.2, 0.25) is 0 Å². The number of benzene rings is 5. The van der Waals surface area contributed by atoms with Crippen LogP contribution in [0, 0.1) is 0 Å². The monoisotopic (exact) mass is 466 g/mol. The minimum Gasteiger partial charge on any atom is -0.0622 e. The lowest BCUT2D eigenvalue weighted by molar-refractivity contribution is 1.58. The van der Waals surface area contributed by atoms with Gasteiger partial charge in [-0.25, -0.2) is 0 Å².